The summed E-state index contributed by atoms with van der Waals surface area (Å²) in [4.78, 5) is 35.5. The standard InChI is InChI=1S/C26H36FN5O2/c1-5-10-31-16-18(25(33)32(26(34)28-6-2)12-7-11-30(3)4)13-19-22(31)14-17-15-29-21-9-8-20(27)24(19)23(17)21/h5,8-9,15,18-19,22,29H,1,6-7,10-14,16H2,2-4H3,(H,28,34)/t18-,19-,22-/m1/s1. The minimum atomic E-state index is -0.390. The average molecular weight is 470 g/mol. The molecule has 3 atom stereocenters. The fourth-order valence-corrected chi connectivity index (χ4v) is 5.72. The summed E-state index contributed by atoms with van der Waals surface area (Å²) >= 11 is 0. The minimum absolute atomic E-state index is 0.0945. The van der Waals surface area contributed by atoms with Crippen molar-refractivity contribution in [3.8, 4) is 0 Å². The van der Waals surface area contributed by atoms with E-state index >= 15 is 4.39 Å². The van der Waals surface area contributed by atoms with E-state index in [9.17, 15) is 9.59 Å². The van der Waals surface area contributed by atoms with Crippen LogP contribution in [0.2, 0.25) is 0 Å². The van der Waals surface area contributed by atoms with E-state index in [1.54, 1.807) is 6.07 Å². The van der Waals surface area contributed by atoms with E-state index in [2.05, 4.69) is 21.8 Å². The Labute approximate surface area is 201 Å². The maximum absolute atomic E-state index is 15.2. The molecule has 1 aliphatic carbocycles. The van der Waals surface area contributed by atoms with Crippen LogP contribution in [-0.4, -0.2) is 84.5 Å². The van der Waals surface area contributed by atoms with Gasteiger partial charge in [-0.25, -0.2) is 9.18 Å². The van der Waals surface area contributed by atoms with Crippen LogP contribution < -0.4 is 5.32 Å². The summed E-state index contributed by atoms with van der Waals surface area (Å²) in [5, 5.41) is 3.75. The first-order valence-electron chi connectivity index (χ1n) is 12.2. The SMILES string of the molecule is C=CCN1C[C@H](C(=O)N(CCCN(C)C)C(=O)NCC)C[C@H]2c3c(F)ccc4[nH]cc(c34)C[C@H]21. The summed E-state index contributed by atoms with van der Waals surface area (Å²) in [6, 6.07) is 3.05. The minimum Gasteiger partial charge on any atom is -0.361 e. The Balaban J connectivity index is 1.65. The van der Waals surface area contributed by atoms with Gasteiger partial charge in [0.15, 0.2) is 0 Å². The van der Waals surface area contributed by atoms with Gasteiger partial charge in [0.1, 0.15) is 5.82 Å². The van der Waals surface area contributed by atoms with E-state index in [4.69, 9.17) is 0 Å². The smallest absolute Gasteiger partial charge is 0.324 e. The molecular formula is C26H36FN5O2. The van der Waals surface area contributed by atoms with Crippen LogP contribution in [0.3, 0.4) is 0 Å². The van der Waals surface area contributed by atoms with Crippen LogP contribution in [0.5, 0.6) is 0 Å². The van der Waals surface area contributed by atoms with Crippen molar-refractivity contribution in [1.82, 2.24) is 25.0 Å². The van der Waals surface area contributed by atoms with Crippen LogP contribution in [0.15, 0.2) is 31.0 Å². The molecule has 0 saturated carbocycles. The van der Waals surface area contributed by atoms with E-state index in [1.807, 2.05) is 38.2 Å². The van der Waals surface area contributed by atoms with Crippen molar-refractivity contribution in [3.63, 3.8) is 0 Å². The lowest BCUT2D eigenvalue weighted by Gasteiger charge is -2.47. The molecule has 1 saturated heterocycles. The molecule has 184 valence electrons. The lowest BCUT2D eigenvalue weighted by molar-refractivity contribution is -0.135. The molecule has 0 spiro atoms. The molecule has 2 heterocycles. The van der Waals surface area contributed by atoms with Gasteiger partial charge in [-0.05, 0) is 64.5 Å². The van der Waals surface area contributed by atoms with E-state index < -0.39 is 5.92 Å². The number of nitrogens with one attached hydrogen (secondary N) is 2. The zero-order valence-corrected chi connectivity index (χ0v) is 20.4. The van der Waals surface area contributed by atoms with Gasteiger partial charge in [-0.15, -0.1) is 6.58 Å². The number of hydrogen-bond acceptors (Lipinski definition) is 4. The maximum Gasteiger partial charge on any atom is 0.324 e. The predicted molar refractivity (Wildman–Crippen MR) is 132 cm³/mol. The molecule has 8 heteroatoms. The number of carbonyl (C=O) groups excluding carboxylic acids is 2. The van der Waals surface area contributed by atoms with Gasteiger partial charge in [0.05, 0.1) is 5.92 Å². The highest BCUT2D eigenvalue weighted by molar-refractivity contribution is 5.96. The third-order valence-electron chi connectivity index (χ3n) is 7.18. The molecule has 0 unspecified atom stereocenters. The topological polar surface area (TPSA) is 71.7 Å². The van der Waals surface area contributed by atoms with Crippen LogP contribution in [0.1, 0.15) is 36.8 Å². The van der Waals surface area contributed by atoms with Crippen molar-refractivity contribution in [1.29, 1.82) is 0 Å². The van der Waals surface area contributed by atoms with Gasteiger partial charge in [0.2, 0.25) is 5.91 Å². The number of halogens is 1. The number of nitrogens with zero attached hydrogens (tertiary/aromatic N) is 3. The van der Waals surface area contributed by atoms with Crippen molar-refractivity contribution >= 4 is 22.8 Å². The molecular weight excluding hydrogens is 433 g/mol. The van der Waals surface area contributed by atoms with Gasteiger partial charge in [0.25, 0.3) is 0 Å². The Bertz CT molecular complexity index is 1060. The molecule has 1 aromatic heterocycles. The van der Waals surface area contributed by atoms with E-state index in [1.165, 1.54) is 11.0 Å². The summed E-state index contributed by atoms with van der Waals surface area (Å²) in [6.45, 7) is 8.51. The number of fused-ring (bicyclic) bond motifs is 2. The Hall–Kier alpha value is -2.71. The van der Waals surface area contributed by atoms with Crippen LogP contribution in [0.4, 0.5) is 9.18 Å². The van der Waals surface area contributed by atoms with Crippen molar-refractivity contribution in [2.75, 3.05) is 46.8 Å². The normalized spacial score (nSPS) is 22.0. The second-order valence-electron chi connectivity index (χ2n) is 9.73. The summed E-state index contributed by atoms with van der Waals surface area (Å²) in [6.07, 6.45) is 5.85. The number of benzene rings is 1. The zero-order chi connectivity index (χ0) is 24.4. The summed E-state index contributed by atoms with van der Waals surface area (Å²) < 4.78 is 15.2. The van der Waals surface area contributed by atoms with E-state index in [-0.39, 0.29) is 29.7 Å². The summed E-state index contributed by atoms with van der Waals surface area (Å²) in [5.74, 6) is -0.906. The van der Waals surface area contributed by atoms with Gasteiger partial charge in [-0.3, -0.25) is 14.6 Å². The maximum atomic E-state index is 15.2. The first-order chi connectivity index (χ1) is 16.3. The fraction of sp³-hybridized carbons (Fsp3) is 0.538. The number of aromatic amines is 1. The second-order valence-corrected chi connectivity index (χ2v) is 9.73. The largest absolute Gasteiger partial charge is 0.361 e. The number of likely N-dealkylation sites (tertiary alicyclic amines) is 1. The molecule has 3 amide bonds. The number of amides is 3. The number of urea groups is 1. The van der Waals surface area contributed by atoms with Crippen LogP contribution in [0, 0.1) is 11.7 Å². The number of hydrogen-bond donors (Lipinski definition) is 2. The highest BCUT2D eigenvalue weighted by Crippen LogP contribution is 2.46. The highest BCUT2D eigenvalue weighted by Gasteiger charge is 2.45. The van der Waals surface area contributed by atoms with Gasteiger partial charge in [0, 0.05) is 60.8 Å². The third-order valence-corrected chi connectivity index (χ3v) is 7.18. The molecule has 0 bridgehead atoms. The Morgan fingerprint density at radius 1 is 1.32 bits per heavy atom. The van der Waals surface area contributed by atoms with Crippen LogP contribution in [-0.2, 0) is 11.2 Å². The second kappa shape index (κ2) is 10.3. The van der Waals surface area contributed by atoms with Crippen molar-refractivity contribution in [2.45, 2.75) is 38.1 Å². The Morgan fingerprint density at radius 2 is 2.12 bits per heavy atom. The molecule has 1 fully saturated rings. The van der Waals surface area contributed by atoms with Crippen molar-refractivity contribution in [2.24, 2.45) is 5.92 Å². The number of piperidine rings is 1. The molecule has 7 nitrogen and oxygen atoms in total. The summed E-state index contributed by atoms with van der Waals surface area (Å²) in [5.41, 5.74) is 2.76. The summed E-state index contributed by atoms with van der Waals surface area (Å²) in [7, 11) is 3.94. The van der Waals surface area contributed by atoms with E-state index in [0.717, 1.165) is 29.4 Å². The van der Waals surface area contributed by atoms with Gasteiger partial charge in [-0.2, -0.15) is 0 Å². The third kappa shape index (κ3) is 4.61. The van der Waals surface area contributed by atoms with Gasteiger partial charge in [-0.1, -0.05) is 6.08 Å². The molecule has 0 radical (unpaired) electrons. The average Bonchev–Trinajstić information content (AvgIpc) is 3.21. The number of rotatable bonds is 8. The van der Waals surface area contributed by atoms with Crippen LogP contribution in [0.25, 0.3) is 10.9 Å². The molecule has 4 rings (SSSR count). The monoisotopic (exact) mass is 469 g/mol. The van der Waals surface area contributed by atoms with Gasteiger partial charge >= 0.3 is 6.03 Å². The number of carbonyl (C=O) groups is 2. The quantitative estimate of drug-likeness (QED) is 0.582. The number of H-pyrrole nitrogens is 1. The van der Waals surface area contributed by atoms with Crippen molar-refractivity contribution in [3.05, 3.63) is 47.9 Å². The first kappa shape index (κ1) is 24.4. The Morgan fingerprint density at radius 3 is 2.82 bits per heavy atom. The van der Waals surface area contributed by atoms with Crippen LogP contribution >= 0.6 is 0 Å². The lowest BCUT2D eigenvalue weighted by atomic mass is 9.71. The number of aromatic nitrogens is 1. The molecule has 1 aliphatic heterocycles. The Kier molecular flexibility index (Phi) is 7.38. The fourth-order valence-electron chi connectivity index (χ4n) is 5.72. The molecule has 34 heavy (non-hydrogen) atoms. The zero-order valence-electron chi connectivity index (χ0n) is 20.4. The molecule has 2 aromatic rings. The molecule has 1 aromatic carbocycles. The van der Waals surface area contributed by atoms with Gasteiger partial charge < -0.3 is 15.2 Å². The highest BCUT2D eigenvalue weighted by atomic mass is 19.1. The van der Waals surface area contributed by atoms with E-state index in [0.29, 0.717) is 44.6 Å². The first-order valence-corrected chi connectivity index (χ1v) is 12.2. The molecule has 2 N–H and O–H groups in total. The lowest BCUT2D eigenvalue weighted by Crippen LogP contribution is -2.55. The molecule has 2 aliphatic rings. The predicted octanol–water partition coefficient (Wildman–Crippen LogP) is 3.33. The van der Waals surface area contributed by atoms with Crippen molar-refractivity contribution < 1.29 is 14.0 Å². The number of imide groups is 1.